The van der Waals surface area contributed by atoms with Gasteiger partial charge < -0.3 is 4.98 Å². The number of nitrogens with zero attached hydrogens (tertiary/aromatic N) is 1. The van der Waals surface area contributed by atoms with Crippen LogP contribution in [0.2, 0.25) is 0 Å². The predicted molar refractivity (Wildman–Crippen MR) is 73.6 cm³/mol. The molecule has 0 aliphatic heterocycles. The molecular weight excluding hydrogens is 281 g/mol. The van der Waals surface area contributed by atoms with Crippen molar-refractivity contribution >= 4 is 11.0 Å². The first-order valence-corrected chi connectivity index (χ1v) is 6.25. The number of aromatic nitrogens is 2. The van der Waals surface area contributed by atoms with E-state index < -0.39 is 17.4 Å². The van der Waals surface area contributed by atoms with Crippen LogP contribution in [-0.2, 0) is 6.18 Å². The molecule has 0 amide bonds. The number of hydrogen-bond acceptors (Lipinski definition) is 1. The highest BCUT2D eigenvalue weighted by atomic mass is 19.4. The van der Waals surface area contributed by atoms with Crippen molar-refractivity contribution in [3.05, 3.63) is 64.1 Å². The second-order valence-corrected chi connectivity index (χ2v) is 4.83. The Balaban J connectivity index is 2.28. The molecule has 3 nitrogen and oxygen atoms in total. The maximum absolute atomic E-state index is 12.8. The molecule has 0 aliphatic rings. The van der Waals surface area contributed by atoms with Crippen LogP contribution in [0.1, 0.15) is 11.1 Å². The van der Waals surface area contributed by atoms with Crippen LogP contribution in [0.3, 0.4) is 0 Å². The van der Waals surface area contributed by atoms with E-state index in [9.17, 15) is 18.0 Å². The molecule has 0 saturated carbocycles. The van der Waals surface area contributed by atoms with Gasteiger partial charge in [0.25, 0.3) is 0 Å². The molecule has 3 rings (SSSR count). The van der Waals surface area contributed by atoms with Gasteiger partial charge in [0, 0.05) is 0 Å². The third kappa shape index (κ3) is 2.33. The first-order chi connectivity index (χ1) is 9.86. The Morgan fingerprint density at radius 1 is 1.10 bits per heavy atom. The van der Waals surface area contributed by atoms with E-state index in [2.05, 4.69) is 4.98 Å². The average Bonchev–Trinajstić information content (AvgIpc) is 2.73. The second kappa shape index (κ2) is 4.51. The van der Waals surface area contributed by atoms with Crippen LogP contribution in [0.4, 0.5) is 13.2 Å². The number of fused-ring (bicyclic) bond motifs is 1. The molecule has 0 fully saturated rings. The van der Waals surface area contributed by atoms with Gasteiger partial charge in [-0.3, -0.25) is 4.57 Å². The van der Waals surface area contributed by atoms with Gasteiger partial charge in [0.05, 0.1) is 22.3 Å². The standard InChI is InChI=1S/C15H11F3N2O/c1-9-5-6-12-13(7-9)20(14(21)19-12)11-4-2-3-10(8-11)15(16,17)18/h2-8H,1H3,(H,19,21). The second-order valence-electron chi connectivity index (χ2n) is 4.83. The van der Waals surface area contributed by atoms with Gasteiger partial charge in [-0.25, -0.2) is 4.79 Å². The van der Waals surface area contributed by atoms with E-state index in [0.717, 1.165) is 17.7 Å². The summed E-state index contributed by atoms with van der Waals surface area (Å²) >= 11 is 0. The van der Waals surface area contributed by atoms with Gasteiger partial charge in [-0.05, 0) is 42.8 Å². The van der Waals surface area contributed by atoms with Crippen LogP contribution in [-0.4, -0.2) is 9.55 Å². The monoisotopic (exact) mass is 292 g/mol. The number of benzene rings is 2. The maximum atomic E-state index is 12.8. The van der Waals surface area contributed by atoms with Gasteiger partial charge in [0.2, 0.25) is 0 Å². The Hall–Kier alpha value is -2.50. The molecule has 0 spiro atoms. The number of rotatable bonds is 1. The molecule has 1 heterocycles. The van der Waals surface area contributed by atoms with Gasteiger partial charge in [0.15, 0.2) is 0 Å². The summed E-state index contributed by atoms with van der Waals surface area (Å²) in [7, 11) is 0. The topological polar surface area (TPSA) is 37.8 Å². The Bertz CT molecular complexity index is 874. The van der Waals surface area contributed by atoms with Crippen LogP contribution < -0.4 is 5.69 Å². The fourth-order valence-corrected chi connectivity index (χ4v) is 2.29. The molecule has 2 aromatic carbocycles. The first-order valence-electron chi connectivity index (χ1n) is 6.25. The lowest BCUT2D eigenvalue weighted by Gasteiger charge is -2.09. The molecule has 0 aliphatic carbocycles. The molecule has 6 heteroatoms. The molecule has 0 bridgehead atoms. The van der Waals surface area contributed by atoms with E-state index in [1.54, 1.807) is 12.1 Å². The van der Waals surface area contributed by atoms with Crippen molar-refractivity contribution in [2.75, 3.05) is 0 Å². The van der Waals surface area contributed by atoms with E-state index in [0.29, 0.717) is 11.0 Å². The van der Waals surface area contributed by atoms with Gasteiger partial charge in [0.1, 0.15) is 0 Å². The predicted octanol–water partition coefficient (Wildman–Crippen LogP) is 3.65. The molecular formula is C15H11F3N2O. The van der Waals surface area contributed by atoms with E-state index in [1.165, 1.54) is 16.7 Å². The van der Waals surface area contributed by atoms with Crippen LogP contribution >= 0.6 is 0 Å². The molecule has 0 unspecified atom stereocenters. The van der Waals surface area contributed by atoms with Crippen LogP contribution in [0.25, 0.3) is 16.7 Å². The number of nitrogens with one attached hydrogen (secondary N) is 1. The molecule has 21 heavy (non-hydrogen) atoms. The van der Waals surface area contributed by atoms with Crippen LogP contribution in [0.15, 0.2) is 47.3 Å². The number of imidazole rings is 1. The smallest absolute Gasteiger partial charge is 0.305 e. The Kier molecular flexibility index (Phi) is 2.90. The summed E-state index contributed by atoms with van der Waals surface area (Å²) in [5.41, 5.74) is 1.00. The van der Waals surface area contributed by atoms with Crippen molar-refractivity contribution < 1.29 is 13.2 Å². The summed E-state index contributed by atoms with van der Waals surface area (Å²) in [5.74, 6) is 0. The van der Waals surface area contributed by atoms with Crippen LogP contribution in [0.5, 0.6) is 0 Å². The lowest BCUT2D eigenvalue weighted by atomic mass is 10.2. The number of aromatic amines is 1. The van der Waals surface area contributed by atoms with E-state index in [-0.39, 0.29) is 5.69 Å². The molecule has 1 aromatic heterocycles. The van der Waals surface area contributed by atoms with Gasteiger partial charge in [-0.15, -0.1) is 0 Å². The minimum absolute atomic E-state index is 0.187. The lowest BCUT2D eigenvalue weighted by Crippen LogP contribution is -2.15. The minimum Gasteiger partial charge on any atom is -0.305 e. The summed E-state index contributed by atoms with van der Waals surface area (Å²) in [6.07, 6.45) is -4.44. The van der Waals surface area contributed by atoms with E-state index in [4.69, 9.17) is 0 Å². The number of alkyl halides is 3. The highest BCUT2D eigenvalue weighted by Gasteiger charge is 2.30. The van der Waals surface area contributed by atoms with Crippen molar-refractivity contribution in [3.63, 3.8) is 0 Å². The Labute approximate surface area is 117 Å². The Morgan fingerprint density at radius 2 is 1.86 bits per heavy atom. The first kappa shape index (κ1) is 13.5. The molecule has 0 radical (unpaired) electrons. The fourth-order valence-electron chi connectivity index (χ4n) is 2.29. The normalized spacial score (nSPS) is 12.0. The highest BCUT2D eigenvalue weighted by molar-refractivity contribution is 5.78. The third-order valence-corrected chi connectivity index (χ3v) is 3.27. The third-order valence-electron chi connectivity index (χ3n) is 3.27. The van der Waals surface area contributed by atoms with Crippen molar-refractivity contribution in [2.45, 2.75) is 13.1 Å². The van der Waals surface area contributed by atoms with Gasteiger partial charge in [-0.1, -0.05) is 12.1 Å². The summed E-state index contributed by atoms with van der Waals surface area (Å²) in [4.78, 5) is 14.7. The summed E-state index contributed by atoms with van der Waals surface area (Å²) in [5, 5.41) is 0. The van der Waals surface area contributed by atoms with Gasteiger partial charge >= 0.3 is 11.9 Å². The largest absolute Gasteiger partial charge is 0.416 e. The fraction of sp³-hybridized carbons (Fsp3) is 0.133. The summed E-state index contributed by atoms with van der Waals surface area (Å²) < 4.78 is 39.6. The van der Waals surface area contributed by atoms with Crippen molar-refractivity contribution in [3.8, 4) is 5.69 Å². The molecule has 108 valence electrons. The van der Waals surface area contributed by atoms with E-state index >= 15 is 0 Å². The summed E-state index contributed by atoms with van der Waals surface area (Å²) in [6, 6.07) is 10.0. The Morgan fingerprint density at radius 3 is 2.57 bits per heavy atom. The van der Waals surface area contributed by atoms with Crippen molar-refractivity contribution in [1.29, 1.82) is 0 Å². The average molecular weight is 292 g/mol. The SMILES string of the molecule is Cc1ccc2[nH]c(=O)n(-c3cccc(C(F)(F)F)c3)c2c1. The number of halogens is 3. The molecule has 1 N–H and O–H groups in total. The van der Waals surface area contributed by atoms with Crippen molar-refractivity contribution in [2.24, 2.45) is 0 Å². The molecule has 0 atom stereocenters. The zero-order valence-electron chi connectivity index (χ0n) is 11.0. The zero-order valence-corrected chi connectivity index (χ0v) is 11.0. The summed E-state index contributed by atoms with van der Waals surface area (Å²) in [6.45, 7) is 1.85. The number of hydrogen-bond donors (Lipinski definition) is 1. The molecule has 3 aromatic rings. The quantitative estimate of drug-likeness (QED) is 0.730. The number of H-pyrrole nitrogens is 1. The van der Waals surface area contributed by atoms with E-state index in [1.807, 2.05) is 13.0 Å². The molecule has 0 saturated heterocycles. The highest BCUT2D eigenvalue weighted by Crippen LogP contribution is 2.30. The zero-order chi connectivity index (χ0) is 15.2. The maximum Gasteiger partial charge on any atom is 0.416 e. The van der Waals surface area contributed by atoms with Crippen LogP contribution in [0, 0.1) is 6.92 Å². The minimum atomic E-state index is -4.44. The lowest BCUT2D eigenvalue weighted by molar-refractivity contribution is -0.137. The van der Waals surface area contributed by atoms with Crippen molar-refractivity contribution in [1.82, 2.24) is 9.55 Å². The number of aryl methyl sites for hydroxylation is 1. The van der Waals surface area contributed by atoms with Gasteiger partial charge in [-0.2, -0.15) is 13.2 Å².